The van der Waals surface area contributed by atoms with Gasteiger partial charge in [0.1, 0.15) is 0 Å². The topological polar surface area (TPSA) is 32.3 Å². The van der Waals surface area contributed by atoms with Crippen LogP contribution in [0.2, 0.25) is 0 Å². The average Bonchev–Trinajstić information content (AvgIpc) is 2.35. The largest absolute Gasteiger partial charge is 0.342 e. The first-order valence-electron chi connectivity index (χ1n) is 6.82. The van der Waals surface area contributed by atoms with Crippen molar-refractivity contribution in [2.75, 3.05) is 19.6 Å². The minimum atomic E-state index is 0.380. The number of unbranched alkanes of at least 4 members (excludes halogenated alkanes) is 1. The summed E-state index contributed by atoms with van der Waals surface area (Å²) >= 11 is 0. The molecule has 0 radical (unpaired) electrons. The number of carbonyl (C=O) groups excluding carboxylic acids is 1. The molecule has 3 nitrogen and oxygen atoms in total. The van der Waals surface area contributed by atoms with Gasteiger partial charge in [-0.05, 0) is 38.1 Å². The maximum Gasteiger partial charge on any atom is 0.222 e. The van der Waals surface area contributed by atoms with Gasteiger partial charge in [-0.15, -0.1) is 0 Å². The number of hydrogen-bond acceptors (Lipinski definition) is 2. The fourth-order valence-corrected chi connectivity index (χ4v) is 2.96. The smallest absolute Gasteiger partial charge is 0.222 e. The second-order valence-electron chi connectivity index (χ2n) is 5.19. The summed E-state index contributed by atoms with van der Waals surface area (Å²) in [6.45, 7) is 5.28. The molecule has 0 spiro atoms. The van der Waals surface area contributed by atoms with Crippen LogP contribution in [0.5, 0.6) is 0 Å². The number of hydrogen-bond donors (Lipinski definition) is 1. The standard InChI is InChI=1S/C13H24N2O/c1-2-3-6-13(16)15-9-7-12-11(10-15)5-4-8-14-12/h11-12,14H,2-10H2,1H3/t11-,12+/m1/s1. The number of likely N-dealkylation sites (tertiary alicyclic amines) is 1. The van der Waals surface area contributed by atoms with Crippen LogP contribution in [0, 0.1) is 5.92 Å². The molecule has 0 saturated carbocycles. The first kappa shape index (κ1) is 11.9. The molecule has 2 heterocycles. The number of carbonyl (C=O) groups is 1. The molecule has 0 aromatic heterocycles. The fraction of sp³-hybridized carbons (Fsp3) is 0.923. The molecule has 0 aromatic carbocycles. The summed E-state index contributed by atoms with van der Waals surface area (Å²) < 4.78 is 0. The van der Waals surface area contributed by atoms with Crippen molar-refractivity contribution in [1.29, 1.82) is 0 Å². The van der Waals surface area contributed by atoms with Gasteiger partial charge >= 0.3 is 0 Å². The lowest BCUT2D eigenvalue weighted by atomic mass is 9.85. The van der Waals surface area contributed by atoms with Crippen molar-refractivity contribution in [3.63, 3.8) is 0 Å². The highest BCUT2D eigenvalue weighted by Crippen LogP contribution is 2.25. The van der Waals surface area contributed by atoms with Crippen molar-refractivity contribution in [2.45, 2.75) is 51.5 Å². The Bertz CT molecular complexity index is 242. The molecule has 2 aliphatic heterocycles. The Morgan fingerprint density at radius 2 is 2.31 bits per heavy atom. The van der Waals surface area contributed by atoms with Crippen molar-refractivity contribution in [2.24, 2.45) is 5.92 Å². The minimum absolute atomic E-state index is 0.380. The first-order chi connectivity index (χ1) is 7.81. The van der Waals surface area contributed by atoms with Crippen LogP contribution >= 0.6 is 0 Å². The Kier molecular flexibility index (Phi) is 4.22. The lowest BCUT2D eigenvalue weighted by Gasteiger charge is -2.41. The summed E-state index contributed by atoms with van der Waals surface area (Å²) in [4.78, 5) is 14.0. The van der Waals surface area contributed by atoms with E-state index in [1.54, 1.807) is 0 Å². The van der Waals surface area contributed by atoms with Gasteiger partial charge in [-0.25, -0.2) is 0 Å². The average molecular weight is 224 g/mol. The monoisotopic (exact) mass is 224 g/mol. The highest BCUT2D eigenvalue weighted by molar-refractivity contribution is 5.76. The van der Waals surface area contributed by atoms with Crippen LogP contribution in [0.15, 0.2) is 0 Å². The van der Waals surface area contributed by atoms with Gasteiger partial charge in [-0.3, -0.25) is 4.79 Å². The zero-order valence-electron chi connectivity index (χ0n) is 10.4. The Balaban J connectivity index is 1.82. The normalized spacial score (nSPS) is 29.9. The molecule has 16 heavy (non-hydrogen) atoms. The minimum Gasteiger partial charge on any atom is -0.342 e. The molecule has 2 aliphatic rings. The van der Waals surface area contributed by atoms with Crippen molar-refractivity contribution < 1.29 is 4.79 Å². The van der Waals surface area contributed by atoms with E-state index >= 15 is 0 Å². The lowest BCUT2D eigenvalue weighted by molar-refractivity contribution is -0.133. The van der Waals surface area contributed by atoms with Crippen LogP contribution in [0.4, 0.5) is 0 Å². The van der Waals surface area contributed by atoms with E-state index in [1.807, 2.05) is 0 Å². The van der Waals surface area contributed by atoms with Crippen molar-refractivity contribution >= 4 is 5.91 Å². The van der Waals surface area contributed by atoms with Crippen LogP contribution in [-0.2, 0) is 4.79 Å². The number of piperidine rings is 2. The van der Waals surface area contributed by atoms with E-state index in [9.17, 15) is 4.79 Å². The SMILES string of the molecule is CCCCC(=O)N1CC[C@@H]2NCCC[C@@H]2C1. The van der Waals surface area contributed by atoms with E-state index < -0.39 is 0 Å². The van der Waals surface area contributed by atoms with Gasteiger partial charge in [-0.1, -0.05) is 13.3 Å². The second-order valence-corrected chi connectivity index (χ2v) is 5.19. The highest BCUT2D eigenvalue weighted by Gasteiger charge is 2.32. The summed E-state index contributed by atoms with van der Waals surface area (Å²) in [6.07, 6.45) is 6.64. The molecule has 0 aliphatic carbocycles. The van der Waals surface area contributed by atoms with Crippen LogP contribution < -0.4 is 5.32 Å². The van der Waals surface area contributed by atoms with Crippen LogP contribution in [0.1, 0.15) is 45.4 Å². The molecule has 92 valence electrons. The van der Waals surface area contributed by atoms with E-state index in [2.05, 4.69) is 17.1 Å². The van der Waals surface area contributed by atoms with Gasteiger partial charge in [-0.2, -0.15) is 0 Å². The molecule has 3 heteroatoms. The predicted molar refractivity (Wildman–Crippen MR) is 65.2 cm³/mol. The van der Waals surface area contributed by atoms with Gasteiger partial charge in [0.2, 0.25) is 5.91 Å². The second kappa shape index (κ2) is 5.67. The fourth-order valence-electron chi connectivity index (χ4n) is 2.96. The van der Waals surface area contributed by atoms with Crippen molar-refractivity contribution in [1.82, 2.24) is 10.2 Å². The molecule has 1 amide bonds. The number of fused-ring (bicyclic) bond motifs is 1. The Morgan fingerprint density at radius 1 is 1.44 bits per heavy atom. The number of amides is 1. The zero-order valence-corrected chi connectivity index (χ0v) is 10.4. The molecule has 2 saturated heterocycles. The molecule has 0 aromatic rings. The van der Waals surface area contributed by atoms with Crippen LogP contribution in [-0.4, -0.2) is 36.5 Å². The van der Waals surface area contributed by atoms with Crippen molar-refractivity contribution in [3.05, 3.63) is 0 Å². The number of nitrogens with zero attached hydrogens (tertiary/aromatic N) is 1. The molecule has 2 fully saturated rings. The van der Waals surface area contributed by atoms with Gasteiger partial charge in [0.25, 0.3) is 0 Å². The predicted octanol–water partition coefficient (Wildman–Crippen LogP) is 1.78. The van der Waals surface area contributed by atoms with E-state index in [0.29, 0.717) is 17.9 Å². The van der Waals surface area contributed by atoms with Gasteiger partial charge in [0, 0.05) is 25.6 Å². The van der Waals surface area contributed by atoms with Crippen LogP contribution in [0.3, 0.4) is 0 Å². The Morgan fingerprint density at radius 3 is 3.12 bits per heavy atom. The van der Waals surface area contributed by atoms with E-state index in [4.69, 9.17) is 0 Å². The molecule has 0 unspecified atom stereocenters. The van der Waals surface area contributed by atoms with Gasteiger partial charge < -0.3 is 10.2 Å². The van der Waals surface area contributed by atoms with E-state index in [0.717, 1.165) is 38.8 Å². The van der Waals surface area contributed by atoms with E-state index in [-0.39, 0.29) is 0 Å². The molecule has 2 rings (SSSR count). The molecule has 2 atom stereocenters. The van der Waals surface area contributed by atoms with Gasteiger partial charge in [0.15, 0.2) is 0 Å². The Hall–Kier alpha value is -0.570. The maximum atomic E-state index is 11.9. The van der Waals surface area contributed by atoms with E-state index in [1.165, 1.54) is 19.4 Å². The quantitative estimate of drug-likeness (QED) is 0.792. The van der Waals surface area contributed by atoms with Crippen LogP contribution in [0.25, 0.3) is 0 Å². The molecular weight excluding hydrogens is 200 g/mol. The maximum absolute atomic E-state index is 11.9. The molecular formula is C13H24N2O. The third-order valence-corrected chi connectivity index (χ3v) is 3.99. The molecule has 1 N–H and O–H groups in total. The highest BCUT2D eigenvalue weighted by atomic mass is 16.2. The van der Waals surface area contributed by atoms with Gasteiger partial charge in [0.05, 0.1) is 0 Å². The summed E-state index contributed by atoms with van der Waals surface area (Å²) in [5.74, 6) is 1.10. The molecule has 0 bridgehead atoms. The summed E-state index contributed by atoms with van der Waals surface area (Å²) in [6, 6.07) is 0.684. The summed E-state index contributed by atoms with van der Waals surface area (Å²) in [7, 11) is 0. The summed E-state index contributed by atoms with van der Waals surface area (Å²) in [5, 5.41) is 3.59. The zero-order chi connectivity index (χ0) is 11.4. The number of nitrogens with one attached hydrogen (secondary N) is 1. The summed E-state index contributed by atoms with van der Waals surface area (Å²) in [5.41, 5.74) is 0. The third kappa shape index (κ3) is 2.76. The third-order valence-electron chi connectivity index (χ3n) is 3.99. The lowest BCUT2D eigenvalue weighted by Crippen LogP contribution is -2.53. The van der Waals surface area contributed by atoms with Crippen molar-refractivity contribution in [3.8, 4) is 0 Å². The Labute approximate surface area is 98.6 Å². The number of rotatable bonds is 3. The first-order valence-corrected chi connectivity index (χ1v) is 6.82.